The van der Waals surface area contributed by atoms with Gasteiger partial charge < -0.3 is 19.7 Å². The number of carboxylic acid groups (broad SMARTS) is 1. The summed E-state index contributed by atoms with van der Waals surface area (Å²) in [6, 6.07) is 12.0. The lowest BCUT2D eigenvalue weighted by molar-refractivity contribution is 0.145. The normalized spacial score (nSPS) is 12.4. The monoisotopic (exact) mass is 508 g/mol. The molecule has 0 aliphatic rings. The van der Waals surface area contributed by atoms with Gasteiger partial charge in [-0.15, -0.1) is 0 Å². The number of rotatable bonds is 14. The second kappa shape index (κ2) is 13.2. The molecule has 0 bridgehead atoms. The van der Waals surface area contributed by atoms with Gasteiger partial charge in [0, 0.05) is 25.7 Å². The first kappa shape index (κ1) is 28.3. The summed E-state index contributed by atoms with van der Waals surface area (Å²) < 4.78 is 38.5. The highest BCUT2D eigenvalue weighted by atomic mass is 32.2. The molecule has 10 heteroatoms. The smallest absolute Gasteiger partial charge is 0.408 e. The Kier molecular flexibility index (Phi) is 10.7. The molecule has 0 saturated heterocycles. The number of sulfonamides is 1. The summed E-state index contributed by atoms with van der Waals surface area (Å²) in [5.74, 6) is 0.714. The van der Waals surface area contributed by atoms with Gasteiger partial charge in [0.1, 0.15) is 17.4 Å². The van der Waals surface area contributed by atoms with Crippen LogP contribution in [-0.4, -0.2) is 66.6 Å². The molecular weight excluding hydrogens is 472 g/mol. The van der Waals surface area contributed by atoms with Gasteiger partial charge in [-0.05, 0) is 42.5 Å². The Morgan fingerprint density at radius 2 is 1.77 bits per heavy atom. The Labute approximate surface area is 207 Å². The van der Waals surface area contributed by atoms with Crippen molar-refractivity contribution in [1.29, 1.82) is 0 Å². The van der Waals surface area contributed by atoms with E-state index in [0.717, 1.165) is 11.3 Å². The number of nitrogens with zero attached hydrogens (tertiary/aromatic N) is 2. The number of para-hydroxylation sites is 1. The fraction of sp³-hybridized carbons (Fsp3) is 0.480. The van der Waals surface area contributed by atoms with Crippen LogP contribution in [0.3, 0.4) is 0 Å². The zero-order valence-corrected chi connectivity index (χ0v) is 21.6. The van der Waals surface area contributed by atoms with Gasteiger partial charge in [-0.3, -0.25) is 4.90 Å². The largest absolute Gasteiger partial charge is 0.504 e. The predicted molar refractivity (Wildman–Crippen MR) is 135 cm³/mol. The Hall–Kier alpha value is -2.98. The van der Waals surface area contributed by atoms with E-state index in [4.69, 9.17) is 9.47 Å². The van der Waals surface area contributed by atoms with Crippen molar-refractivity contribution in [2.24, 2.45) is 5.92 Å². The lowest BCUT2D eigenvalue weighted by Gasteiger charge is -2.27. The molecule has 2 aromatic rings. The van der Waals surface area contributed by atoms with Crippen molar-refractivity contribution in [2.75, 3.05) is 32.6 Å². The van der Waals surface area contributed by atoms with Crippen molar-refractivity contribution in [3.63, 3.8) is 0 Å². The zero-order chi connectivity index (χ0) is 26.0. The fourth-order valence-corrected chi connectivity index (χ4v) is 5.10. The van der Waals surface area contributed by atoms with E-state index < -0.39 is 22.0 Å². The molecule has 0 heterocycles. The number of aromatic hydroxyl groups is 1. The summed E-state index contributed by atoms with van der Waals surface area (Å²) in [7, 11) is -2.33. The molecule has 0 aliphatic carbocycles. The van der Waals surface area contributed by atoms with Crippen LogP contribution < -0.4 is 9.47 Å². The molecule has 35 heavy (non-hydrogen) atoms. The fourth-order valence-electron chi connectivity index (χ4n) is 3.50. The van der Waals surface area contributed by atoms with Gasteiger partial charge in [-0.1, -0.05) is 45.4 Å². The Bertz CT molecular complexity index is 1080. The summed E-state index contributed by atoms with van der Waals surface area (Å²) in [6.45, 7) is 6.17. The molecule has 0 saturated carbocycles. The summed E-state index contributed by atoms with van der Waals surface area (Å²) in [5.41, 5.74) is 0.524. The number of ether oxygens (including phenoxy) is 2. The van der Waals surface area contributed by atoms with E-state index in [9.17, 15) is 23.4 Å². The lowest BCUT2D eigenvalue weighted by atomic mass is 10.1. The average molecular weight is 509 g/mol. The van der Waals surface area contributed by atoms with Crippen LogP contribution in [0.25, 0.3) is 0 Å². The molecule has 2 N–H and O–H groups in total. The molecular formula is C25H36N2O7S. The van der Waals surface area contributed by atoms with Crippen LogP contribution in [0, 0.1) is 5.92 Å². The minimum atomic E-state index is -3.88. The number of benzene rings is 2. The van der Waals surface area contributed by atoms with E-state index in [1.54, 1.807) is 49.6 Å². The number of hydrogen-bond donors (Lipinski definition) is 2. The standard InChI is InChI=1S/C25H36N2O7S/c1-5-14-27(35(31,32)18-26(25(29)30)17-19(3)6-2)15-13-20-9-7-12-23(24(20)28)34-22-11-8-10-21(16-22)33-4/h7-12,16,19,28H,5-6,13-15,17-18H2,1-4H3,(H,29,30). The molecule has 0 radical (unpaired) electrons. The second-order valence-corrected chi connectivity index (χ2v) is 10.4. The SMILES string of the molecule is CCCN(CCc1cccc(Oc2cccc(OC)c2)c1O)S(=O)(=O)CN(CC(C)CC)C(=O)O. The first-order valence-electron chi connectivity index (χ1n) is 11.7. The number of phenols is 1. The van der Waals surface area contributed by atoms with E-state index in [1.165, 1.54) is 4.31 Å². The lowest BCUT2D eigenvalue weighted by Crippen LogP contribution is -2.44. The molecule has 2 aromatic carbocycles. The van der Waals surface area contributed by atoms with Crippen LogP contribution in [0.2, 0.25) is 0 Å². The molecule has 1 unspecified atom stereocenters. The number of carbonyl (C=O) groups is 1. The molecule has 0 fully saturated rings. The highest BCUT2D eigenvalue weighted by molar-refractivity contribution is 7.89. The van der Waals surface area contributed by atoms with Gasteiger partial charge in [0.25, 0.3) is 0 Å². The van der Waals surface area contributed by atoms with Crippen molar-refractivity contribution in [3.8, 4) is 23.0 Å². The molecule has 0 spiro atoms. The van der Waals surface area contributed by atoms with E-state index in [0.29, 0.717) is 23.5 Å². The van der Waals surface area contributed by atoms with Gasteiger partial charge in [0.05, 0.1) is 7.11 Å². The molecule has 1 amide bonds. The summed E-state index contributed by atoms with van der Waals surface area (Å²) in [4.78, 5) is 12.6. The van der Waals surface area contributed by atoms with Gasteiger partial charge in [0.2, 0.25) is 10.0 Å². The van der Waals surface area contributed by atoms with Crippen molar-refractivity contribution in [2.45, 2.75) is 40.0 Å². The van der Waals surface area contributed by atoms with Crippen LogP contribution in [0.5, 0.6) is 23.0 Å². The maximum atomic E-state index is 13.1. The van der Waals surface area contributed by atoms with Crippen molar-refractivity contribution in [1.82, 2.24) is 9.21 Å². The highest BCUT2D eigenvalue weighted by Gasteiger charge is 2.28. The third kappa shape index (κ3) is 8.32. The number of amides is 1. The van der Waals surface area contributed by atoms with Crippen molar-refractivity contribution < 1.29 is 32.9 Å². The first-order valence-corrected chi connectivity index (χ1v) is 13.3. The highest BCUT2D eigenvalue weighted by Crippen LogP contribution is 2.35. The third-order valence-corrected chi connectivity index (χ3v) is 7.46. The molecule has 0 aromatic heterocycles. The van der Waals surface area contributed by atoms with E-state index in [-0.39, 0.29) is 43.5 Å². The van der Waals surface area contributed by atoms with E-state index in [1.807, 2.05) is 20.8 Å². The van der Waals surface area contributed by atoms with Crippen molar-refractivity contribution >= 4 is 16.1 Å². The summed E-state index contributed by atoms with van der Waals surface area (Å²) in [5, 5.41) is 20.3. The minimum absolute atomic E-state index is 0.0465. The predicted octanol–water partition coefficient (Wildman–Crippen LogP) is 4.76. The van der Waals surface area contributed by atoms with E-state index >= 15 is 0 Å². The minimum Gasteiger partial charge on any atom is -0.504 e. The number of hydrogen-bond acceptors (Lipinski definition) is 6. The second-order valence-electron chi connectivity index (χ2n) is 8.45. The van der Waals surface area contributed by atoms with Gasteiger partial charge >= 0.3 is 6.09 Å². The zero-order valence-electron chi connectivity index (χ0n) is 20.8. The van der Waals surface area contributed by atoms with Gasteiger partial charge in [0.15, 0.2) is 11.5 Å². The van der Waals surface area contributed by atoms with E-state index in [2.05, 4.69) is 0 Å². The Morgan fingerprint density at radius 1 is 1.09 bits per heavy atom. The molecule has 2 rings (SSSR count). The van der Waals surface area contributed by atoms with Crippen molar-refractivity contribution in [3.05, 3.63) is 48.0 Å². The maximum absolute atomic E-state index is 13.1. The third-order valence-electron chi connectivity index (χ3n) is 5.67. The summed E-state index contributed by atoms with van der Waals surface area (Å²) >= 11 is 0. The van der Waals surface area contributed by atoms with Crippen LogP contribution >= 0.6 is 0 Å². The number of methoxy groups -OCH3 is 1. The van der Waals surface area contributed by atoms with Gasteiger partial charge in [-0.25, -0.2) is 17.5 Å². The number of phenolic OH excluding ortho intramolecular Hbond substituents is 1. The van der Waals surface area contributed by atoms with Crippen LogP contribution in [0.1, 0.15) is 39.2 Å². The first-order chi connectivity index (χ1) is 16.6. The molecule has 194 valence electrons. The topological polar surface area (TPSA) is 117 Å². The Morgan fingerprint density at radius 3 is 2.40 bits per heavy atom. The molecule has 0 aliphatic heterocycles. The quantitative estimate of drug-likeness (QED) is 0.378. The summed E-state index contributed by atoms with van der Waals surface area (Å²) in [6.07, 6.45) is 0.294. The van der Waals surface area contributed by atoms with Crippen LogP contribution in [0.15, 0.2) is 42.5 Å². The van der Waals surface area contributed by atoms with Gasteiger partial charge in [-0.2, -0.15) is 0 Å². The molecule has 9 nitrogen and oxygen atoms in total. The van der Waals surface area contributed by atoms with Crippen LogP contribution in [0.4, 0.5) is 4.79 Å². The maximum Gasteiger partial charge on any atom is 0.408 e. The average Bonchev–Trinajstić information content (AvgIpc) is 2.83. The molecule has 1 atom stereocenters. The van der Waals surface area contributed by atoms with Crippen LogP contribution in [-0.2, 0) is 16.4 Å². The Balaban J connectivity index is 2.16.